The molecular formula is C19H16Cl2N4O3. The van der Waals surface area contributed by atoms with E-state index in [0.717, 1.165) is 0 Å². The van der Waals surface area contributed by atoms with Crippen molar-refractivity contribution in [3.05, 3.63) is 79.7 Å². The quantitative estimate of drug-likeness (QED) is 0.445. The standard InChI is InChI=1S/C19H16Cl2N4O3/c1-10(22-23-18(27)12-4-3-5-14(26)8-12)17-11(2)24-25(19(17)28)13-6-7-15(20)16(21)9-13/h3-9,24,26H,1-2H3,(H,23,27)/b22-10+. The Morgan fingerprint density at radius 2 is 1.93 bits per heavy atom. The third-order valence-corrected chi connectivity index (χ3v) is 4.77. The highest BCUT2D eigenvalue weighted by Gasteiger charge is 2.16. The van der Waals surface area contributed by atoms with Gasteiger partial charge in [0.15, 0.2) is 0 Å². The zero-order valence-corrected chi connectivity index (χ0v) is 16.5. The summed E-state index contributed by atoms with van der Waals surface area (Å²) in [6, 6.07) is 10.7. The van der Waals surface area contributed by atoms with Crippen LogP contribution in [-0.2, 0) is 0 Å². The highest BCUT2D eigenvalue weighted by Crippen LogP contribution is 2.24. The monoisotopic (exact) mass is 418 g/mol. The number of carbonyl (C=O) groups excluding carboxylic acids is 1. The van der Waals surface area contributed by atoms with Gasteiger partial charge in [0, 0.05) is 11.3 Å². The van der Waals surface area contributed by atoms with E-state index in [1.165, 1.54) is 16.8 Å². The Balaban J connectivity index is 1.90. The van der Waals surface area contributed by atoms with E-state index in [-0.39, 0.29) is 16.9 Å². The van der Waals surface area contributed by atoms with Crippen molar-refractivity contribution in [2.24, 2.45) is 5.10 Å². The van der Waals surface area contributed by atoms with Gasteiger partial charge < -0.3 is 5.11 Å². The molecule has 144 valence electrons. The molecule has 1 aromatic heterocycles. The van der Waals surface area contributed by atoms with Crippen molar-refractivity contribution in [3.8, 4) is 11.4 Å². The fraction of sp³-hybridized carbons (Fsp3) is 0.105. The van der Waals surface area contributed by atoms with E-state index < -0.39 is 5.91 Å². The molecule has 0 aliphatic heterocycles. The van der Waals surface area contributed by atoms with Crippen LogP contribution < -0.4 is 11.0 Å². The molecule has 1 heterocycles. The van der Waals surface area contributed by atoms with Crippen molar-refractivity contribution < 1.29 is 9.90 Å². The maximum Gasteiger partial charge on any atom is 0.280 e. The summed E-state index contributed by atoms with van der Waals surface area (Å²) in [6.07, 6.45) is 0. The second-order valence-electron chi connectivity index (χ2n) is 6.04. The van der Waals surface area contributed by atoms with Crippen molar-refractivity contribution in [2.75, 3.05) is 0 Å². The molecule has 0 fully saturated rings. The van der Waals surface area contributed by atoms with Gasteiger partial charge in [-0.25, -0.2) is 10.1 Å². The lowest BCUT2D eigenvalue weighted by Gasteiger charge is -2.03. The maximum atomic E-state index is 12.8. The van der Waals surface area contributed by atoms with Crippen LogP contribution in [0.25, 0.3) is 5.69 Å². The van der Waals surface area contributed by atoms with Crippen molar-refractivity contribution >= 4 is 34.8 Å². The Labute approximate surface area is 170 Å². The Kier molecular flexibility index (Phi) is 5.58. The first-order valence-corrected chi connectivity index (χ1v) is 8.94. The van der Waals surface area contributed by atoms with Crippen LogP contribution in [0.5, 0.6) is 5.75 Å². The number of rotatable bonds is 4. The molecule has 0 spiro atoms. The first-order chi connectivity index (χ1) is 13.3. The third kappa shape index (κ3) is 3.95. The molecular weight excluding hydrogens is 403 g/mol. The van der Waals surface area contributed by atoms with Gasteiger partial charge in [0.1, 0.15) is 5.75 Å². The molecule has 2 aromatic carbocycles. The molecule has 3 aromatic rings. The van der Waals surface area contributed by atoms with Crippen LogP contribution in [0.4, 0.5) is 0 Å². The maximum absolute atomic E-state index is 12.8. The molecule has 0 atom stereocenters. The Morgan fingerprint density at radius 1 is 1.18 bits per heavy atom. The first kappa shape index (κ1) is 19.7. The number of phenolic OH excluding ortho intramolecular Hbond substituents is 1. The number of aromatic hydroxyl groups is 1. The fourth-order valence-electron chi connectivity index (χ4n) is 2.68. The number of nitrogens with zero attached hydrogens (tertiary/aromatic N) is 2. The lowest BCUT2D eigenvalue weighted by atomic mass is 10.2. The third-order valence-electron chi connectivity index (χ3n) is 4.03. The van der Waals surface area contributed by atoms with Crippen LogP contribution in [0.2, 0.25) is 10.0 Å². The fourth-order valence-corrected chi connectivity index (χ4v) is 2.97. The number of aromatic nitrogens is 2. The van der Waals surface area contributed by atoms with Gasteiger partial charge in [-0.15, -0.1) is 0 Å². The Bertz CT molecular complexity index is 1150. The smallest absolute Gasteiger partial charge is 0.280 e. The molecule has 7 nitrogen and oxygen atoms in total. The summed E-state index contributed by atoms with van der Waals surface area (Å²) in [7, 11) is 0. The zero-order valence-electron chi connectivity index (χ0n) is 15.0. The summed E-state index contributed by atoms with van der Waals surface area (Å²) in [4.78, 5) is 25.0. The second-order valence-corrected chi connectivity index (χ2v) is 6.85. The van der Waals surface area contributed by atoms with Gasteiger partial charge in [0.05, 0.1) is 27.0 Å². The van der Waals surface area contributed by atoms with Crippen LogP contribution in [-0.4, -0.2) is 26.5 Å². The van der Waals surface area contributed by atoms with Gasteiger partial charge in [-0.3, -0.25) is 14.7 Å². The zero-order chi connectivity index (χ0) is 20.4. The largest absolute Gasteiger partial charge is 0.508 e. The minimum atomic E-state index is -0.506. The number of aryl methyl sites for hydroxylation is 1. The number of H-pyrrole nitrogens is 1. The normalized spacial score (nSPS) is 11.5. The molecule has 0 unspecified atom stereocenters. The molecule has 3 rings (SSSR count). The molecule has 0 radical (unpaired) electrons. The highest BCUT2D eigenvalue weighted by atomic mass is 35.5. The van der Waals surface area contributed by atoms with E-state index in [1.54, 1.807) is 44.2 Å². The van der Waals surface area contributed by atoms with Gasteiger partial charge in [-0.05, 0) is 50.2 Å². The summed E-state index contributed by atoms with van der Waals surface area (Å²) in [5.41, 5.74) is 4.02. The van der Waals surface area contributed by atoms with E-state index >= 15 is 0 Å². The molecule has 0 aliphatic carbocycles. The molecule has 28 heavy (non-hydrogen) atoms. The van der Waals surface area contributed by atoms with E-state index in [2.05, 4.69) is 15.6 Å². The number of hydrogen-bond donors (Lipinski definition) is 3. The van der Waals surface area contributed by atoms with Crippen LogP contribution in [0.15, 0.2) is 52.4 Å². The predicted octanol–water partition coefficient (Wildman–Crippen LogP) is 3.64. The van der Waals surface area contributed by atoms with Crippen LogP contribution in [0.3, 0.4) is 0 Å². The van der Waals surface area contributed by atoms with Crippen LogP contribution in [0, 0.1) is 6.92 Å². The number of hydrogen-bond acceptors (Lipinski definition) is 4. The summed E-state index contributed by atoms with van der Waals surface area (Å²) >= 11 is 12.0. The number of nitrogens with one attached hydrogen (secondary N) is 2. The number of hydrazone groups is 1. The minimum absolute atomic E-state index is 0.0284. The van der Waals surface area contributed by atoms with Gasteiger partial charge in [0.25, 0.3) is 11.5 Å². The molecule has 0 aliphatic rings. The number of amides is 1. The molecule has 3 N–H and O–H groups in total. The van der Waals surface area contributed by atoms with E-state index in [4.69, 9.17) is 23.2 Å². The SMILES string of the molecule is C/C(=N\NC(=O)c1cccc(O)c1)c1c(C)[nH]n(-c2ccc(Cl)c(Cl)c2)c1=O. The van der Waals surface area contributed by atoms with Crippen LogP contribution >= 0.6 is 23.2 Å². The average Bonchev–Trinajstić information content (AvgIpc) is 2.96. The second kappa shape index (κ2) is 7.92. The van der Waals surface area contributed by atoms with Crippen molar-refractivity contribution in [2.45, 2.75) is 13.8 Å². The number of benzene rings is 2. The van der Waals surface area contributed by atoms with Crippen molar-refractivity contribution in [1.82, 2.24) is 15.2 Å². The van der Waals surface area contributed by atoms with E-state index in [0.29, 0.717) is 32.7 Å². The number of phenols is 1. The summed E-state index contributed by atoms with van der Waals surface area (Å²) in [5.74, 6) is -0.535. The molecule has 0 bridgehead atoms. The van der Waals surface area contributed by atoms with Gasteiger partial charge in [-0.1, -0.05) is 29.3 Å². The summed E-state index contributed by atoms with van der Waals surface area (Å²) < 4.78 is 1.32. The Morgan fingerprint density at radius 3 is 2.61 bits per heavy atom. The highest BCUT2D eigenvalue weighted by molar-refractivity contribution is 6.42. The lowest BCUT2D eigenvalue weighted by Crippen LogP contribution is -2.23. The van der Waals surface area contributed by atoms with Crippen molar-refractivity contribution in [1.29, 1.82) is 0 Å². The van der Waals surface area contributed by atoms with Gasteiger partial charge in [0.2, 0.25) is 0 Å². The molecule has 0 saturated heterocycles. The molecule has 1 amide bonds. The predicted molar refractivity (Wildman–Crippen MR) is 109 cm³/mol. The lowest BCUT2D eigenvalue weighted by molar-refractivity contribution is 0.0954. The van der Waals surface area contributed by atoms with Gasteiger partial charge >= 0.3 is 0 Å². The van der Waals surface area contributed by atoms with E-state index in [9.17, 15) is 14.7 Å². The van der Waals surface area contributed by atoms with Gasteiger partial charge in [-0.2, -0.15) is 5.10 Å². The Hall–Kier alpha value is -3.03. The topological polar surface area (TPSA) is 99.5 Å². The number of aromatic amines is 1. The summed E-state index contributed by atoms with van der Waals surface area (Å²) in [5, 5.41) is 17.1. The summed E-state index contributed by atoms with van der Waals surface area (Å²) in [6.45, 7) is 3.33. The van der Waals surface area contributed by atoms with Crippen molar-refractivity contribution in [3.63, 3.8) is 0 Å². The number of carbonyl (C=O) groups is 1. The molecule has 9 heteroatoms. The average molecular weight is 419 g/mol. The molecule has 0 saturated carbocycles. The number of halogens is 2. The minimum Gasteiger partial charge on any atom is -0.508 e. The van der Waals surface area contributed by atoms with Crippen LogP contribution in [0.1, 0.15) is 28.5 Å². The first-order valence-electron chi connectivity index (χ1n) is 8.19. The van der Waals surface area contributed by atoms with E-state index in [1.807, 2.05) is 0 Å².